The van der Waals surface area contributed by atoms with E-state index >= 15 is 0 Å². The fourth-order valence-electron chi connectivity index (χ4n) is 2.78. The van der Waals surface area contributed by atoms with E-state index in [-0.39, 0.29) is 36.7 Å². The summed E-state index contributed by atoms with van der Waals surface area (Å²) in [5, 5.41) is 18.0. The van der Waals surface area contributed by atoms with Crippen molar-refractivity contribution in [2.45, 2.75) is 24.9 Å². The highest BCUT2D eigenvalue weighted by Crippen LogP contribution is 2.42. The van der Waals surface area contributed by atoms with Crippen LogP contribution >= 0.6 is 7.60 Å². The SMILES string of the molecule is Nc1nc2c(ncn2[C@H]2C[C@H](OCCOP(=O)(O)C(=O)O)[C@@H](CO)O2)c(=O)[nH]1. The maximum absolute atomic E-state index is 11.9. The molecule has 0 aliphatic carbocycles. The number of H-pyrrole nitrogens is 1. The van der Waals surface area contributed by atoms with Crippen molar-refractivity contribution in [2.75, 3.05) is 25.6 Å². The number of hydrogen-bond acceptors (Lipinski definition) is 10. The highest BCUT2D eigenvalue weighted by Gasteiger charge is 2.38. The molecule has 2 aromatic rings. The number of nitrogen functional groups attached to an aromatic ring is 1. The van der Waals surface area contributed by atoms with Gasteiger partial charge in [0.1, 0.15) is 12.3 Å². The van der Waals surface area contributed by atoms with Crippen molar-refractivity contribution >= 4 is 30.4 Å². The summed E-state index contributed by atoms with van der Waals surface area (Å²) in [5.74, 6) is -0.0900. The Morgan fingerprint density at radius 3 is 2.93 bits per heavy atom. The fourth-order valence-corrected chi connectivity index (χ4v) is 3.21. The van der Waals surface area contributed by atoms with E-state index in [2.05, 4.69) is 19.5 Å². The van der Waals surface area contributed by atoms with Crippen LogP contribution in [0.2, 0.25) is 0 Å². The Kier molecular flexibility index (Phi) is 5.79. The van der Waals surface area contributed by atoms with Crippen LogP contribution in [0.1, 0.15) is 12.6 Å². The van der Waals surface area contributed by atoms with Crippen molar-refractivity contribution in [1.29, 1.82) is 0 Å². The number of hydrogen-bond donors (Lipinski definition) is 5. The molecule has 4 atom stereocenters. The van der Waals surface area contributed by atoms with Gasteiger partial charge in [-0.25, -0.2) is 14.3 Å². The van der Waals surface area contributed by atoms with Gasteiger partial charge < -0.3 is 30.3 Å². The molecule has 1 aliphatic heterocycles. The van der Waals surface area contributed by atoms with Gasteiger partial charge >= 0.3 is 13.3 Å². The molecule has 0 radical (unpaired) electrons. The molecule has 1 unspecified atom stereocenters. The van der Waals surface area contributed by atoms with Crippen LogP contribution in [0.3, 0.4) is 0 Å². The molecule has 0 saturated carbocycles. The molecule has 6 N–H and O–H groups in total. The average Bonchev–Trinajstić information content (AvgIpc) is 3.22. The average molecular weight is 419 g/mol. The smallest absolute Gasteiger partial charge is 0.435 e. The number of carboxylic acid groups (broad SMARTS) is 1. The van der Waals surface area contributed by atoms with Gasteiger partial charge in [-0.2, -0.15) is 4.98 Å². The van der Waals surface area contributed by atoms with Crippen molar-refractivity contribution in [2.24, 2.45) is 0 Å². The highest BCUT2D eigenvalue weighted by atomic mass is 31.2. The van der Waals surface area contributed by atoms with E-state index in [9.17, 15) is 19.3 Å². The minimum Gasteiger partial charge on any atom is -0.472 e. The summed E-state index contributed by atoms with van der Waals surface area (Å²) in [7, 11) is -4.75. The third-order valence-corrected chi connectivity index (χ3v) is 5.06. The first-order valence-electron chi connectivity index (χ1n) is 8.04. The topological polar surface area (TPSA) is 212 Å². The van der Waals surface area contributed by atoms with Crippen LogP contribution in [0.25, 0.3) is 11.2 Å². The molecule has 0 spiro atoms. The molecule has 0 bridgehead atoms. The number of aliphatic hydroxyl groups is 1. The first kappa shape index (κ1) is 20.4. The summed E-state index contributed by atoms with van der Waals surface area (Å²) in [6, 6.07) is 0. The fraction of sp³-hybridized carbons (Fsp3) is 0.538. The lowest BCUT2D eigenvalue weighted by Crippen LogP contribution is -2.29. The summed E-state index contributed by atoms with van der Waals surface area (Å²) in [4.78, 5) is 41.8. The van der Waals surface area contributed by atoms with Gasteiger partial charge in [-0.1, -0.05) is 0 Å². The van der Waals surface area contributed by atoms with Gasteiger partial charge in [0.05, 0.1) is 32.3 Å². The molecule has 1 aliphatic rings. The van der Waals surface area contributed by atoms with E-state index in [4.69, 9.17) is 25.2 Å². The number of aromatic nitrogens is 4. The Labute approximate surface area is 156 Å². The van der Waals surface area contributed by atoms with E-state index in [0.717, 1.165) is 0 Å². The highest BCUT2D eigenvalue weighted by molar-refractivity contribution is 7.70. The van der Waals surface area contributed by atoms with Crippen LogP contribution in [0.5, 0.6) is 0 Å². The standard InChI is InChI=1S/C13H18N5O9P/c14-12-16-10-9(11(20)17-12)15-5-18(10)8-3-6(7(4-19)27-8)25-1-2-26-28(23,24)13(21)22/h5-8,19H,1-4H2,(H,21,22)(H,23,24)(H3,14,16,17,20)/t6-,7+,8+/m0/s1. The number of aliphatic hydroxyl groups excluding tert-OH is 1. The van der Waals surface area contributed by atoms with Crippen LogP contribution in [-0.4, -0.2) is 72.4 Å². The van der Waals surface area contributed by atoms with Crippen molar-refractivity contribution < 1.29 is 38.5 Å². The second-order valence-electron chi connectivity index (χ2n) is 5.87. The van der Waals surface area contributed by atoms with E-state index < -0.39 is 43.9 Å². The normalized spacial score (nSPS) is 24.4. The maximum Gasteiger partial charge on any atom is 0.435 e. The van der Waals surface area contributed by atoms with Gasteiger partial charge in [0.15, 0.2) is 11.2 Å². The summed E-state index contributed by atoms with van der Waals surface area (Å²) < 4.78 is 28.3. The van der Waals surface area contributed by atoms with Crippen molar-refractivity contribution in [3.63, 3.8) is 0 Å². The van der Waals surface area contributed by atoms with E-state index in [1.807, 2.05) is 0 Å². The molecule has 3 heterocycles. The maximum atomic E-state index is 11.9. The van der Waals surface area contributed by atoms with Crippen molar-refractivity contribution in [3.05, 3.63) is 16.7 Å². The first-order valence-corrected chi connectivity index (χ1v) is 9.61. The van der Waals surface area contributed by atoms with Crippen molar-refractivity contribution in [3.8, 4) is 0 Å². The zero-order valence-electron chi connectivity index (χ0n) is 14.3. The van der Waals surface area contributed by atoms with Gasteiger partial charge in [0.2, 0.25) is 5.95 Å². The van der Waals surface area contributed by atoms with Crippen LogP contribution in [0.15, 0.2) is 11.1 Å². The Morgan fingerprint density at radius 1 is 1.50 bits per heavy atom. The number of fused-ring (bicyclic) bond motifs is 1. The van der Waals surface area contributed by atoms with Crippen LogP contribution in [0.4, 0.5) is 10.7 Å². The van der Waals surface area contributed by atoms with E-state index in [0.29, 0.717) is 0 Å². The Balaban J connectivity index is 1.66. The Hall–Kier alpha value is -2.35. The Bertz CT molecular complexity index is 975. The van der Waals surface area contributed by atoms with E-state index in [1.54, 1.807) is 0 Å². The molecule has 0 amide bonds. The number of anilines is 1. The number of rotatable bonds is 8. The Morgan fingerprint density at radius 2 is 2.25 bits per heavy atom. The molecule has 154 valence electrons. The summed E-state index contributed by atoms with van der Waals surface area (Å²) in [6.45, 7) is -1.02. The van der Waals surface area contributed by atoms with Gasteiger partial charge in [0, 0.05) is 6.42 Å². The number of carbonyl (C=O) groups is 1. The molecule has 14 nitrogen and oxygen atoms in total. The van der Waals surface area contributed by atoms with Gasteiger partial charge in [-0.3, -0.25) is 18.9 Å². The number of ether oxygens (including phenoxy) is 2. The third-order valence-electron chi connectivity index (χ3n) is 4.04. The molecule has 1 fully saturated rings. The molecular formula is C13H18N5O9P. The molecule has 1 saturated heterocycles. The molecule has 28 heavy (non-hydrogen) atoms. The zero-order valence-corrected chi connectivity index (χ0v) is 15.2. The molecule has 0 aromatic carbocycles. The monoisotopic (exact) mass is 419 g/mol. The van der Waals surface area contributed by atoms with E-state index in [1.165, 1.54) is 10.9 Å². The number of nitrogens with zero attached hydrogens (tertiary/aromatic N) is 3. The predicted octanol–water partition coefficient (Wildman–Crippen LogP) is -0.753. The zero-order chi connectivity index (χ0) is 20.5. The lowest BCUT2D eigenvalue weighted by molar-refractivity contribution is -0.0636. The lowest BCUT2D eigenvalue weighted by Gasteiger charge is -2.16. The van der Waals surface area contributed by atoms with Crippen molar-refractivity contribution in [1.82, 2.24) is 19.5 Å². The van der Waals surface area contributed by atoms with Crippen LogP contribution in [-0.2, 0) is 18.6 Å². The molecular weight excluding hydrogens is 401 g/mol. The van der Waals surface area contributed by atoms with Crippen LogP contribution < -0.4 is 11.3 Å². The van der Waals surface area contributed by atoms with Gasteiger partial charge in [0.25, 0.3) is 5.56 Å². The predicted molar refractivity (Wildman–Crippen MR) is 91.7 cm³/mol. The molecule has 15 heteroatoms. The summed E-state index contributed by atoms with van der Waals surface area (Å²) >= 11 is 0. The quantitative estimate of drug-likeness (QED) is 0.264. The first-order chi connectivity index (χ1) is 13.2. The second-order valence-corrected chi connectivity index (χ2v) is 7.55. The molecule has 3 rings (SSSR count). The number of aromatic amines is 1. The molecule has 2 aromatic heterocycles. The lowest BCUT2D eigenvalue weighted by atomic mass is 10.2. The minimum atomic E-state index is -4.75. The second kappa shape index (κ2) is 7.95. The number of nitrogens with two attached hydrogens (primary N) is 1. The summed E-state index contributed by atoms with van der Waals surface area (Å²) in [5.41, 5.74) is 3.37. The largest absolute Gasteiger partial charge is 0.472 e. The summed E-state index contributed by atoms with van der Waals surface area (Å²) in [6.07, 6.45) is -0.433. The number of nitrogens with one attached hydrogen (secondary N) is 1. The number of imidazole rings is 1. The van der Waals surface area contributed by atoms with Gasteiger partial charge in [-0.05, 0) is 0 Å². The minimum absolute atomic E-state index is 0.0727. The van der Waals surface area contributed by atoms with Crippen LogP contribution in [0, 0.1) is 0 Å². The third kappa shape index (κ3) is 4.06. The van der Waals surface area contributed by atoms with Gasteiger partial charge in [-0.15, -0.1) is 0 Å².